The van der Waals surface area contributed by atoms with Gasteiger partial charge in [0, 0.05) is 22.5 Å². The van der Waals surface area contributed by atoms with E-state index in [1.54, 1.807) is 0 Å². The Kier molecular flexibility index (Phi) is 4.89. The van der Waals surface area contributed by atoms with Crippen molar-refractivity contribution in [2.75, 3.05) is 0 Å². The van der Waals surface area contributed by atoms with Crippen LogP contribution in [0, 0.1) is 0 Å². The van der Waals surface area contributed by atoms with Gasteiger partial charge in [-0.05, 0) is 47.6 Å². The molecule has 0 radical (unpaired) electrons. The highest BCUT2D eigenvalue weighted by atomic mass is 79.9. The maximum absolute atomic E-state index is 4.59. The van der Waals surface area contributed by atoms with Crippen molar-refractivity contribution in [1.29, 1.82) is 0 Å². The Morgan fingerprint density at radius 1 is 0.955 bits per heavy atom. The predicted octanol–water partition coefficient (Wildman–Crippen LogP) is 5.93. The number of fused-ring (bicyclic) bond motifs is 1. The van der Waals surface area contributed by atoms with E-state index < -0.39 is 0 Å². The van der Waals surface area contributed by atoms with E-state index in [-0.39, 0.29) is 0 Å². The standard InChI is InChI=1S/C20H20BrN/c1-2-3-4-15-5-7-16(8-6-15)13-20-19-10-9-18(21)14-17(19)11-12-22-20/h5-12,14H,2-4,13H2,1H3. The van der Waals surface area contributed by atoms with Crippen LogP contribution in [0.5, 0.6) is 0 Å². The van der Waals surface area contributed by atoms with Gasteiger partial charge in [-0.25, -0.2) is 0 Å². The van der Waals surface area contributed by atoms with Gasteiger partial charge >= 0.3 is 0 Å². The molecule has 0 saturated heterocycles. The molecule has 22 heavy (non-hydrogen) atoms. The van der Waals surface area contributed by atoms with Crippen LogP contribution in [0.3, 0.4) is 0 Å². The molecule has 0 saturated carbocycles. The first-order chi connectivity index (χ1) is 10.8. The Labute approximate surface area is 140 Å². The highest BCUT2D eigenvalue weighted by Crippen LogP contribution is 2.23. The predicted molar refractivity (Wildman–Crippen MR) is 97.3 cm³/mol. The van der Waals surface area contributed by atoms with E-state index in [0.717, 1.165) is 16.6 Å². The third-order valence-electron chi connectivity index (χ3n) is 4.02. The average molecular weight is 354 g/mol. The quantitative estimate of drug-likeness (QED) is 0.553. The summed E-state index contributed by atoms with van der Waals surface area (Å²) >= 11 is 3.53. The van der Waals surface area contributed by atoms with E-state index in [9.17, 15) is 0 Å². The summed E-state index contributed by atoms with van der Waals surface area (Å²) < 4.78 is 1.11. The topological polar surface area (TPSA) is 12.9 Å². The Morgan fingerprint density at radius 3 is 2.50 bits per heavy atom. The molecule has 0 unspecified atom stereocenters. The maximum Gasteiger partial charge on any atom is 0.0525 e. The molecule has 1 aromatic heterocycles. The molecule has 112 valence electrons. The number of aromatic nitrogens is 1. The van der Waals surface area contributed by atoms with Crippen molar-refractivity contribution in [3.63, 3.8) is 0 Å². The second-order valence-corrected chi connectivity index (χ2v) is 6.64. The molecule has 0 N–H and O–H groups in total. The minimum atomic E-state index is 0.882. The summed E-state index contributed by atoms with van der Waals surface area (Å²) in [6.45, 7) is 2.24. The van der Waals surface area contributed by atoms with Crippen LogP contribution in [0.15, 0.2) is 59.2 Å². The minimum Gasteiger partial charge on any atom is -0.260 e. The Bertz CT molecular complexity index is 762. The zero-order valence-corrected chi connectivity index (χ0v) is 14.4. The summed E-state index contributed by atoms with van der Waals surface area (Å²) in [5, 5.41) is 2.47. The number of hydrogen-bond donors (Lipinski definition) is 0. The Hall–Kier alpha value is -1.67. The third kappa shape index (κ3) is 3.56. The fourth-order valence-corrected chi connectivity index (χ4v) is 3.13. The summed E-state index contributed by atoms with van der Waals surface area (Å²) in [5.41, 5.74) is 3.90. The molecule has 3 rings (SSSR count). The van der Waals surface area contributed by atoms with Gasteiger partial charge < -0.3 is 0 Å². The summed E-state index contributed by atoms with van der Waals surface area (Å²) in [7, 11) is 0. The van der Waals surface area contributed by atoms with Gasteiger partial charge in [-0.3, -0.25) is 4.98 Å². The largest absolute Gasteiger partial charge is 0.260 e. The lowest BCUT2D eigenvalue weighted by Crippen LogP contribution is -1.94. The maximum atomic E-state index is 4.59. The van der Waals surface area contributed by atoms with E-state index in [1.165, 1.54) is 41.2 Å². The van der Waals surface area contributed by atoms with Crippen LogP contribution in [-0.2, 0) is 12.8 Å². The fraction of sp³-hybridized carbons (Fsp3) is 0.250. The summed E-state index contributed by atoms with van der Waals surface area (Å²) in [4.78, 5) is 4.59. The van der Waals surface area contributed by atoms with Crippen LogP contribution in [0.1, 0.15) is 36.6 Å². The molecule has 2 heteroatoms. The van der Waals surface area contributed by atoms with Gasteiger partial charge in [0.1, 0.15) is 0 Å². The number of aryl methyl sites for hydroxylation is 1. The summed E-state index contributed by atoms with van der Waals surface area (Å²) in [6, 6.07) is 17.4. The van der Waals surface area contributed by atoms with Crippen molar-refractivity contribution in [3.8, 4) is 0 Å². The highest BCUT2D eigenvalue weighted by Gasteiger charge is 2.04. The van der Waals surface area contributed by atoms with Gasteiger partial charge in [-0.15, -0.1) is 0 Å². The van der Waals surface area contributed by atoms with E-state index in [1.807, 2.05) is 6.20 Å². The molecule has 0 aliphatic carbocycles. The fourth-order valence-electron chi connectivity index (χ4n) is 2.75. The molecule has 0 aliphatic heterocycles. The smallest absolute Gasteiger partial charge is 0.0525 e. The van der Waals surface area contributed by atoms with E-state index >= 15 is 0 Å². The van der Waals surface area contributed by atoms with Crippen molar-refractivity contribution in [1.82, 2.24) is 4.98 Å². The van der Waals surface area contributed by atoms with Crippen LogP contribution in [-0.4, -0.2) is 4.98 Å². The highest BCUT2D eigenvalue weighted by molar-refractivity contribution is 9.10. The van der Waals surface area contributed by atoms with E-state index in [2.05, 4.69) is 76.4 Å². The van der Waals surface area contributed by atoms with Crippen molar-refractivity contribution in [3.05, 3.63) is 76.0 Å². The summed E-state index contributed by atoms with van der Waals surface area (Å²) in [5.74, 6) is 0. The molecule has 2 aromatic carbocycles. The number of benzene rings is 2. The monoisotopic (exact) mass is 353 g/mol. The van der Waals surface area contributed by atoms with Crippen LogP contribution >= 0.6 is 15.9 Å². The van der Waals surface area contributed by atoms with Gasteiger partial charge in [-0.2, -0.15) is 0 Å². The second-order valence-electron chi connectivity index (χ2n) is 5.72. The first-order valence-corrected chi connectivity index (χ1v) is 8.66. The van der Waals surface area contributed by atoms with Gasteiger partial charge in [-0.1, -0.05) is 59.6 Å². The lowest BCUT2D eigenvalue weighted by molar-refractivity contribution is 0.794. The van der Waals surface area contributed by atoms with Crippen molar-refractivity contribution < 1.29 is 0 Å². The number of nitrogens with zero attached hydrogens (tertiary/aromatic N) is 1. The molecule has 0 amide bonds. The molecule has 1 nitrogen and oxygen atoms in total. The van der Waals surface area contributed by atoms with Gasteiger partial charge in [0.05, 0.1) is 5.69 Å². The molecule has 3 aromatic rings. The zero-order chi connectivity index (χ0) is 15.4. The normalized spacial score (nSPS) is 11.0. The number of unbranched alkanes of at least 4 members (excludes halogenated alkanes) is 1. The van der Waals surface area contributed by atoms with E-state index in [4.69, 9.17) is 0 Å². The van der Waals surface area contributed by atoms with Crippen molar-refractivity contribution >= 4 is 26.7 Å². The molecule has 0 bridgehead atoms. The first-order valence-electron chi connectivity index (χ1n) is 7.87. The van der Waals surface area contributed by atoms with Gasteiger partial charge in [0.2, 0.25) is 0 Å². The van der Waals surface area contributed by atoms with Crippen molar-refractivity contribution in [2.24, 2.45) is 0 Å². The SMILES string of the molecule is CCCCc1ccc(Cc2nccc3cc(Br)ccc23)cc1. The van der Waals surface area contributed by atoms with Gasteiger partial charge in [0.25, 0.3) is 0 Å². The zero-order valence-electron chi connectivity index (χ0n) is 12.8. The van der Waals surface area contributed by atoms with Gasteiger partial charge in [0.15, 0.2) is 0 Å². The van der Waals surface area contributed by atoms with Crippen LogP contribution in [0.2, 0.25) is 0 Å². The Morgan fingerprint density at radius 2 is 1.73 bits per heavy atom. The molecular weight excluding hydrogens is 334 g/mol. The lowest BCUT2D eigenvalue weighted by Gasteiger charge is -2.07. The van der Waals surface area contributed by atoms with Crippen molar-refractivity contribution in [2.45, 2.75) is 32.6 Å². The molecule has 0 atom stereocenters. The van der Waals surface area contributed by atoms with Crippen LogP contribution in [0.25, 0.3) is 10.8 Å². The number of rotatable bonds is 5. The summed E-state index contributed by atoms with van der Waals surface area (Å²) in [6.07, 6.45) is 6.47. The Balaban J connectivity index is 1.84. The van der Waals surface area contributed by atoms with Crippen LogP contribution < -0.4 is 0 Å². The molecule has 0 fully saturated rings. The molecule has 1 heterocycles. The minimum absolute atomic E-state index is 0.882. The average Bonchev–Trinajstić information content (AvgIpc) is 2.54. The number of halogens is 1. The lowest BCUT2D eigenvalue weighted by atomic mass is 10.0. The second kappa shape index (κ2) is 7.06. The molecule has 0 aliphatic rings. The molecule has 0 spiro atoms. The number of pyridine rings is 1. The van der Waals surface area contributed by atoms with Crippen LogP contribution in [0.4, 0.5) is 0 Å². The molecular formula is C20H20BrN. The first kappa shape index (κ1) is 15.2. The van der Waals surface area contributed by atoms with E-state index in [0.29, 0.717) is 0 Å². The third-order valence-corrected chi connectivity index (χ3v) is 4.52. The number of hydrogen-bond acceptors (Lipinski definition) is 1.